The third-order valence-corrected chi connectivity index (χ3v) is 1.93. The van der Waals surface area contributed by atoms with Crippen LogP contribution in [0.25, 0.3) is 0 Å². The SMILES string of the molecule is CC(C)c1n[c-]cs1.[Cl][Zn+]. The Hall–Kier alpha value is 0.543. The van der Waals surface area contributed by atoms with Crippen LogP contribution in [-0.4, -0.2) is 4.98 Å². The zero-order valence-electron chi connectivity index (χ0n) is 6.10. The Balaban J connectivity index is 0.000000371. The predicted octanol–water partition coefficient (Wildman–Crippen LogP) is 2.75. The van der Waals surface area contributed by atoms with Crippen molar-refractivity contribution in [3.8, 4) is 0 Å². The second kappa shape index (κ2) is 6.27. The molecule has 0 radical (unpaired) electrons. The summed E-state index contributed by atoms with van der Waals surface area (Å²) in [4.78, 5) is 4.01. The maximum atomic E-state index is 4.76. The zero-order valence-corrected chi connectivity index (χ0v) is 10.6. The van der Waals surface area contributed by atoms with Crippen molar-refractivity contribution < 1.29 is 17.3 Å². The van der Waals surface area contributed by atoms with Crippen molar-refractivity contribution in [2.45, 2.75) is 19.8 Å². The molecule has 0 fully saturated rings. The predicted molar refractivity (Wildman–Crippen MR) is 40.9 cm³/mol. The van der Waals surface area contributed by atoms with Gasteiger partial charge >= 0.3 is 27.0 Å². The first-order valence-electron chi connectivity index (χ1n) is 2.89. The van der Waals surface area contributed by atoms with E-state index in [4.69, 9.17) is 9.69 Å². The normalized spacial score (nSPS) is 9.00. The van der Waals surface area contributed by atoms with Crippen LogP contribution in [0.5, 0.6) is 0 Å². The minimum atomic E-state index is 0.561. The summed E-state index contributed by atoms with van der Waals surface area (Å²) in [5, 5.41) is 3.06. The van der Waals surface area contributed by atoms with Gasteiger partial charge < -0.3 is 4.98 Å². The van der Waals surface area contributed by atoms with Crippen molar-refractivity contribution >= 4 is 21.0 Å². The fraction of sp³-hybridized carbons (Fsp3) is 0.500. The summed E-state index contributed by atoms with van der Waals surface area (Å²) < 4.78 is 0. The molecule has 4 heteroatoms. The van der Waals surface area contributed by atoms with E-state index in [9.17, 15) is 0 Å². The van der Waals surface area contributed by atoms with Gasteiger partial charge in [-0.15, -0.1) is 6.20 Å². The van der Waals surface area contributed by atoms with Gasteiger partial charge in [-0.1, -0.05) is 30.2 Å². The summed E-state index contributed by atoms with van der Waals surface area (Å²) in [6.07, 6.45) is 2.78. The molecule has 0 unspecified atom stereocenters. The summed E-state index contributed by atoms with van der Waals surface area (Å²) in [6, 6.07) is 0. The topological polar surface area (TPSA) is 12.9 Å². The summed E-state index contributed by atoms with van der Waals surface area (Å²) >= 11 is 2.51. The Bertz CT molecular complexity index is 153. The molecule has 0 N–H and O–H groups in total. The molecule has 0 amide bonds. The monoisotopic (exact) mass is 225 g/mol. The van der Waals surface area contributed by atoms with Gasteiger partial charge in [-0.25, -0.2) is 11.3 Å². The van der Waals surface area contributed by atoms with Gasteiger partial charge in [0.25, 0.3) is 0 Å². The number of halogens is 1. The van der Waals surface area contributed by atoms with E-state index in [0.717, 1.165) is 17.3 Å². The number of rotatable bonds is 1. The molecule has 52 valence electrons. The van der Waals surface area contributed by atoms with Crippen LogP contribution in [0.3, 0.4) is 0 Å². The van der Waals surface area contributed by atoms with Gasteiger partial charge in [-0.2, -0.15) is 0 Å². The Morgan fingerprint density at radius 3 is 2.50 bits per heavy atom. The third kappa shape index (κ3) is 3.65. The van der Waals surface area contributed by atoms with E-state index < -0.39 is 0 Å². The van der Waals surface area contributed by atoms with Crippen molar-refractivity contribution in [3.63, 3.8) is 0 Å². The van der Waals surface area contributed by atoms with Gasteiger partial charge in [-0.3, -0.25) is 0 Å². The third-order valence-electron chi connectivity index (χ3n) is 0.901. The summed E-state index contributed by atoms with van der Waals surface area (Å²) in [5.74, 6) is 0.561. The first-order valence-corrected chi connectivity index (χ1v) is 7.66. The Morgan fingerprint density at radius 1 is 1.70 bits per heavy atom. The van der Waals surface area contributed by atoms with Gasteiger partial charge in [0.05, 0.1) is 0 Å². The molecule has 0 saturated heterocycles. The molecule has 0 bridgehead atoms. The molecule has 1 aromatic rings. The molecule has 1 aromatic heterocycles. The van der Waals surface area contributed by atoms with Crippen LogP contribution in [0.15, 0.2) is 5.38 Å². The second-order valence-corrected chi connectivity index (χ2v) is 2.86. The first-order chi connectivity index (χ1) is 4.80. The fourth-order valence-corrected chi connectivity index (χ4v) is 1.07. The number of hydrogen-bond donors (Lipinski definition) is 0. The molecule has 0 aliphatic carbocycles. The van der Waals surface area contributed by atoms with E-state index in [1.54, 1.807) is 11.3 Å². The molecule has 0 saturated carbocycles. The molecule has 1 heterocycles. The number of thiazole rings is 1. The summed E-state index contributed by atoms with van der Waals surface area (Å²) in [6.45, 7) is 4.26. The number of aromatic nitrogens is 1. The van der Waals surface area contributed by atoms with Crippen molar-refractivity contribution in [2.24, 2.45) is 0 Å². The Morgan fingerprint density at radius 2 is 2.30 bits per heavy atom. The number of hydrogen-bond acceptors (Lipinski definition) is 2. The standard InChI is InChI=1S/C6H8NS.ClH.Zn/c1-5(2)6-7-3-4-8-6;;/h4-5H,1-2H3;1H;/q-1;;+2/p-1. The Labute approximate surface area is 79.5 Å². The van der Waals surface area contributed by atoms with Crippen LogP contribution in [-0.2, 0) is 17.3 Å². The molecule has 0 aromatic carbocycles. The van der Waals surface area contributed by atoms with Crippen LogP contribution < -0.4 is 0 Å². The van der Waals surface area contributed by atoms with E-state index >= 15 is 0 Å². The quantitative estimate of drug-likeness (QED) is 0.531. The zero-order chi connectivity index (χ0) is 7.98. The molecule has 1 rings (SSSR count). The van der Waals surface area contributed by atoms with E-state index in [1.807, 2.05) is 5.38 Å². The van der Waals surface area contributed by atoms with E-state index in [1.165, 1.54) is 5.01 Å². The van der Waals surface area contributed by atoms with Crippen molar-refractivity contribution in [2.75, 3.05) is 0 Å². The molecule has 0 aliphatic heterocycles. The average molecular weight is 227 g/mol. The van der Waals surface area contributed by atoms with Crippen molar-refractivity contribution in [1.29, 1.82) is 0 Å². The molecule has 1 nitrogen and oxygen atoms in total. The summed E-state index contributed by atoms with van der Waals surface area (Å²) in [7, 11) is 4.76. The average Bonchev–Trinajstić information content (AvgIpc) is 2.42. The molecule has 0 spiro atoms. The van der Waals surface area contributed by atoms with Crippen molar-refractivity contribution in [3.05, 3.63) is 16.6 Å². The summed E-state index contributed by atoms with van der Waals surface area (Å²) in [5.41, 5.74) is 0. The molecule has 0 atom stereocenters. The fourth-order valence-electron chi connectivity index (χ4n) is 0.468. The van der Waals surface area contributed by atoms with Crippen LogP contribution >= 0.6 is 21.0 Å². The van der Waals surface area contributed by atoms with Gasteiger partial charge in [0.1, 0.15) is 0 Å². The maximum absolute atomic E-state index is 4.76. The van der Waals surface area contributed by atoms with Gasteiger partial charge in [0.2, 0.25) is 0 Å². The van der Waals surface area contributed by atoms with Crippen molar-refractivity contribution in [1.82, 2.24) is 4.98 Å². The van der Waals surface area contributed by atoms with Gasteiger partial charge in [0, 0.05) is 0 Å². The number of nitrogens with zero attached hydrogens (tertiary/aromatic N) is 1. The molecular formula is C6H8ClNSZn. The Kier molecular flexibility index (Phi) is 6.61. The van der Waals surface area contributed by atoms with Gasteiger partial charge in [0.15, 0.2) is 0 Å². The van der Waals surface area contributed by atoms with Gasteiger partial charge in [-0.05, 0) is 0 Å². The minimum absolute atomic E-state index is 0.561. The second-order valence-electron chi connectivity index (χ2n) is 1.97. The van der Waals surface area contributed by atoms with Crippen LogP contribution in [0.1, 0.15) is 24.8 Å². The van der Waals surface area contributed by atoms with Crippen LogP contribution in [0, 0.1) is 6.20 Å². The van der Waals surface area contributed by atoms with E-state index in [-0.39, 0.29) is 0 Å². The molecule has 10 heavy (non-hydrogen) atoms. The van der Waals surface area contributed by atoms with Crippen LogP contribution in [0.4, 0.5) is 0 Å². The van der Waals surface area contributed by atoms with E-state index in [0.29, 0.717) is 5.92 Å². The van der Waals surface area contributed by atoms with Crippen LogP contribution in [0.2, 0.25) is 0 Å². The molecular weight excluding hydrogens is 219 g/mol. The first kappa shape index (κ1) is 10.5. The van der Waals surface area contributed by atoms with E-state index in [2.05, 4.69) is 25.0 Å². The molecule has 0 aliphatic rings.